The molecule has 0 aromatic heterocycles. The number of amides is 1. The van der Waals surface area contributed by atoms with Crippen molar-refractivity contribution in [3.8, 4) is 0 Å². The SMILES string of the molecule is O=C(O)CNC(=O)CS.[Na]. The predicted octanol–water partition coefficient (Wildman–Crippen LogP) is -1.26. The molecule has 0 aromatic rings. The van der Waals surface area contributed by atoms with Crippen molar-refractivity contribution in [1.29, 1.82) is 0 Å². The second kappa shape index (κ2) is 7.40. The Bertz CT molecular complexity index is 130. The van der Waals surface area contributed by atoms with Gasteiger partial charge in [-0.25, -0.2) is 0 Å². The van der Waals surface area contributed by atoms with Crippen molar-refractivity contribution < 1.29 is 14.7 Å². The molecule has 4 nitrogen and oxygen atoms in total. The van der Waals surface area contributed by atoms with Crippen LogP contribution in [-0.4, -0.2) is 58.8 Å². The summed E-state index contributed by atoms with van der Waals surface area (Å²) in [7, 11) is 0. The Balaban J connectivity index is 0. The van der Waals surface area contributed by atoms with Crippen molar-refractivity contribution in [2.75, 3.05) is 12.3 Å². The number of carboxylic acids is 1. The Kier molecular flexibility index (Phi) is 9.56. The molecule has 6 heteroatoms. The number of thiol groups is 1. The summed E-state index contributed by atoms with van der Waals surface area (Å²) in [5.74, 6) is -1.40. The first-order chi connectivity index (χ1) is 4.16. The average molecular weight is 172 g/mol. The molecule has 0 bridgehead atoms. The summed E-state index contributed by atoms with van der Waals surface area (Å²) in [6.45, 7) is -0.334. The van der Waals surface area contributed by atoms with E-state index >= 15 is 0 Å². The minimum absolute atomic E-state index is 0. The van der Waals surface area contributed by atoms with Crippen LogP contribution in [0.3, 0.4) is 0 Å². The topological polar surface area (TPSA) is 66.4 Å². The number of carbonyl (C=O) groups is 2. The van der Waals surface area contributed by atoms with E-state index in [1.54, 1.807) is 0 Å². The van der Waals surface area contributed by atoms with Gasteiger partial charge in [-0.2, -0.15) is 12.6 Å². The zero-order valence-corrected chi connectivity index (χ0v) is 8.52. The van der Waals surface area contributed by atoms with Gasteiger partial charge in [-0.3, -0.25) is 9.59 Å². The summed E-state index contributed by atoms with van der Waals surface area (Å²) >= 11 is 3.61. The van der Waals surface area contributed by atoms with E-state index in [-0.39, 0.29) is 47.8 Å². The predicted molar refractivity (Wildman–Crippen MR) is 40.3 cm³/mol. The molecule has 0 saturated heterocycles. The van der Waals surface area contributed by atoms with Gasteiger partial charge in [0.1, 0.15) is 6.54 Å². The molecule has 2 N–H and O–H groups in total. The van der Waals surface area contributed by atoms with Crippen LogP contribution in [0.25, 0.3) is 0 Å². The van der Waals surface area contributed by atoms with Crippen LogP contribution in [0.1, 0.15) is 0 Å². The quantitative estimate of drug-likeness (QED) is 0.367. The maximum atomic E-state index is 10.3. The third-order valence-electron chi connectivity index (χ3n) is 0.580. The fourth-order valence-electron chi connectivity index (χ4n) is 0.230. The molecule has 1 radical (unpaired) electrons. The van der Waals surface area contributed by atoms with E-state index in [1.165, 1.54) is 0 Å². The van der Waals surface area contributed by atoms with Crippen LogP contribution in [0, 0.1) is 0 Å². The van der Waals surface area contributed by atoms with E-state index in [0.717, 1.165) is 0 Å². The summed E-state index contributed by atoms with van der Waals surface area (Å²) < 4.78 is 0. The first kappa shape index (κ1) is 12.9. The van der Waals surface area contributed by atoms with Crippen molar-refractivity contribution in [3.63, 3.8) is 0 Å². The van der Waals surface area contributed by atoms with Gasteiger partial charge in [0.25, 0.3) is 0 Å². The Morgan fingerprint density at radius 1 is 1.50 bits per heavy atom. The third-order valence-corrected chi connectivity index (χ3v) is 0.868. The Morgan fingerprint density at radius 2 is 2.00 bits per heavy atom. The number of nitrogens with one attached hydrogen (secondary N) is 1. The largest absolute Gasteiger partial charge is 0.480 e. The van der Waals surface area contributed by atoms with E-state index in [4.69, 9.17) is 5.11 Å². The molecule has 0 spiro atoms. The molecule has 0 fully saturated rings. The Morgan fingerprint density at radius 3 is 2.30 bits per heavy atom. The van der Waals surface area contributed by atoms with E-state index < -0.39 is 5.97 Å². The normalized spacial score (nSPS) is 7.70. The fourth-order valence-corrected chi connectivity index (χ4v) is 0.342. The standard InChI is InChI=1S/C4H7NO3S.Na/c6-3(2-9)5-1-4(7)8;/h9H,1-2H2,(H,5,6)(H,7,8);. The molecular weight excluding hydrogens is 165 g/mol. The number of hydrogen-bond acceptors (Lipinski definition) is 3. The number of hydrogen-bond donors (Lipinski definition) is 3. The Labute approximate surface area is 86.1 Å². The minimum Gasteiger partial charge on any atom is -0.480 e. The van der Waals surface area contributed by atoms with Crippen LogP contribution >= 0.6 is 12.6 Å². The monoisotopic (exact) mass is 172 g/mol. The molecule has 0 aliphatic heterocycles. The van der Waals surface area contributed by atoms with Gasteiger partial charge in [0.15, 0.2) is 0 Å². The zero-order valence-electron chi connectivity index (χ0n) is 5.63. The summed E-state index contributed by atoms with van der Waals surface area (Å²) in [5.41, 5.74) is 0. The fraction of sp³-hybridized carbons (Fsp3) is 0.500. The Hall–Kier alpha value is 0.290. The number of rotatable bonds is 3. The summed E-state index contributed by atoms with van der Waals surface area (Å²) in [6, 6.07) is 0. The van der Waals surface area contributed by atoms with Crippen molar-refractivity contribution in [2.45, 2.75) is 0 Å². The molecule has 0 aliphatic carbocycles. The average Bonchev–Trinajstić information content (AvgIpc) is 1.83. The van der Waals surface area contributed by atoms with E-state index in [9.17, 15) is 9.59 Å². The van der Waals surface area contributed by atoms with Crippen molar-refractivity contribution in [2.24, 2.45) is 0 Å². The van der Waals surface area contributed by atoms with E-state index in [2.05, 4.69) is 17.9 Å². The van der Waals surface area contributed by atoms with Crippen LogP contribution in [0.15, 0.2) is 0 Å². The molecule has 0 atom stereocenters. The zero-order chi connectivity index (χ0) is 7.28. The molecule has 0 rings (SSSR count). The molecule has 0 heterocycles. The van der Waals surface area contributed by atoms with Crippen molar-refractivity contribution >= 4 is 54.1 Å². The third kappa shape index (κ3) is 8.29. The molecular formula is C4H7NNaO3S. The van der Waals surface area contributed by atoms with Gasteiger partial charge in [0.05, 0.1) is 5.75 Å². The van der Waals surface area contributed by atoms with Gasteiger partial charge in [-0.05, 0) is 0 Å². The molecule has 10 heavy (non-hydrogen) atoms. The minimum atomic E-state index is -1.05. The van der Waals surface area contributed by atoms with Crippen LogP contribution in [0.4, 0.5) is 0 Å². The second-order valence-electron chi connectivity index (χ2n) is 1.33. The van der Waals surface area contributed by atoms with Gasteiger partial charge in [0.2, 0.25) is 5.91 Å². The molecule has 0 aromatic carbocycles. The number of carboxylic acid groups (broad SMARTS) is 1. The van der Waals surface area contributed by atoms with Crippen molar-refractivity contribution in [3.05, 3.63) is 0 Å². The first-order valence-electron chi connectivity index (χ1n) is 2.26. The van der Waals surface area contributed by atoms with Gasteiger partial charge in [-0.1, -0.05) is 0 Å². The summed E-state index contributed by atoms with van der Waals surface area (Å²) in [6.07, 6.45) is 0. The summed E-state index contributed by atoms with van der Waals surface area (Å²) in [5, 5.41) is 10.1. The number of carbonyl (C=O) groups excluding carboxylic acids is 1. The van der Waals surface area contributed by atoms with E-state index in [1.807, 2.05) is 0 Å². The van der Waals surface area contributed by atoms with E-state index in [0.29, 0.717) is 0 Å². The molecule has 0 unspecified atom stereocenters. The number of aliphatic carboxylic acids is 1. The van der Waals surface area contributed by atoms with Crippen LogP contribution in [0.2, 0.25) is 0 Å². The van der Waals surface area contributed by atoms with Gasteiger partial charge in [-0.15, -0.1) is 0 Å². The van der Waals surface area contributed by atoms with Crippen LogP contribution in [-0.2, 0) is 9.59 Å². The van der Waals surface area contributed by atoms with Gasteiger partial charge < -0.3 is 10.4 Å². The first-order valence-corrected chi connectivity index (χ1v) is 2.89. The maximum Gasteiger partial charge on any atom is 0.322 e. The summed E-state index contributed by atoms with van der Waals surface area (Å²) in [4.78, 5) is 20.0. The second-order valence-corrected chi connectivity index (χ2v) is 1.64. The molecule has 0 saturated carbocycles. The molecule has 0 aliphatic rings. The van der Waals surface area contributed by atoms with Crippen LogP contribution < -0.4 is 5.32 Å². The molecule has 53 valence electrons. The van der Waals surface area contributed by atoms with Crippen molar-refractivity contribution in [1.82, 2.24) is 5.32 Å². The maximum absolute atomic E-state index is 10.3. The molecule has 1 amide bonds. The van der Waals surface area contributed by atoms with Gasteiger partial charge >= 0.3 is 5.97 Å². The van der Waals surface area contributed by atoms with Crippen LogP contribution in [0.5, 0.6) is 0 Å². The smallest absolute Gasteiger partial charge is 0.322 e. The van der Waals surface area contributed by atoms with Gasteiger partial charge in [0, 0.05) is 29.6 Å².